The van der Waals surface area contributed by atoms with Crippen LogP contribution in [0.1, 0.15) is 10.6 Å². The lowest BCUT2D eigenvalue weighted by molar-refractivity contribution is 0.0929. The molecule has 3 heterocycles. The Bertz CT molecular complexity index is 1050. The van der Waals surface area contributed by atoms with E-state index in [1.165, 1.54) is 6.33 Å². The van der Waals surface area contributed by atoms with E-state index in [0.29, 0.717) is 41.9 Å². The summed E-state index contributed by atoms with van der Waals surface area (Å²) < 4.78 is 5.55. The van der Waals surface area contributed by atoms with Crippen LogP contribution < -0.4 is 16.0 Å². The van der Waals surface area contributed by atoms with Crippen molar-refractivity contribution in [3.8, 4) is 0 Å². The van der Waals surface area contributed by atoms with Gasteiger partial charge in [-0.05, 0) is 24.3 Å². The van der Waals surface area contributed by atoms with Gasteiger partial charge in [0.05, 0.1) is 0 Å². The zero-order chi connectivity index (χ0) is 19.2. The molecule has 140 valence electrons. The van der Waals surface area contributed by atoms with Crippen LogP contribution >= 0.6 is 0 Å². The van der Waals surface area contributed by atoms with Crippen LogP contribution in [0.25, 0.3) is 11.0 Å². The molecule has 0 saturated carbocycles. The van der Waals surface area contributed by atoms with Gasteiger partial charge in [0.1, 0.15) is 29.4 Å². The van der Waals surface area contributed by atoms with Crippen molar-refractivity contribution < 1.29 is 9.21 Å². The number of amides is 1. The predicted octanol–water partition coefficient (Wildman–Crippen LogP) is 3.20. The molecule has 0 aliphatic heterocycles. The Kier molecular flexibility index (Phi) is 5.10. The highest BCUT2D eigenvalue weighted by Gasteiger charge is 2.11. The van der Waals surface area contributed by atoms with Crippen LogP contribution in [0.2, 0.25) is 0 Å². The van der Waals surface area contributed by atoms with Crippen molar-refractivity contribution in [2.24, 2.45) is 0 Å². The first-order valence-corrected chi connectivity index (χ1v) is 8.79. The molecular weight excluding hydrogens is 356 g/mol. The minimum Gasteiger partial charge on any atom is -0.451 e. The van der Waals surface area contributed by atoms with E-state index < -0.39 is 0 Å². The highest BCUT2D eigenvalue weighted by Crippen LogP contribution is 2.18. The average Bonchev–Trinajstić information content (AvgIpc) is 3.17. The Labute approximate surface area is 161 Å². The van der Waals surface area contributed by atoms with Gasteiger partial charge in [-0.2, -0.15) is 0 Å². The van der Waals surface area contributed by atoms with Gasteiger partial charge >= 0.3 is 0 Å². The normalized spacial score (nSPS) is 10.6. The van der Waals surface area contributed by atoms with Gasteiger partial charge in [0.15, 0.2) is 5.76 Å². The Morgan fingerprint density at radius 2 is 1.75 bits per heavy atom. The number of aromatic nitrogens is 3. The predicted molar refractivity (Wildman–Crippen MR) is 107 cm³/mol. The molecule has 0 radical (unpaired) electrons. The van der Waals surface area contributed by atoms with Crippen molar-refractivity contribution in [2.45, 2.75) is 0 Å². The number of furan rings is 1. The summed E-state index contributed by atoms with van der Waals surface area (Å²) in [5.41, 5.74) is 0.694. The summed E-state index contributed by atoms with van der Waals surface area (Å²) in [6, 6.07) is 16.6. The molecule has 0 spiro atoms. The third-order valence-corrected chi connectivity index (χ3v) is 3.95. The maximum Gasteiger partial charge on any atom is 0.287 e. The lowest BCUT2D eigenvalue weighted by atomic mass is 10.2. The molecule has 8 nitrogen and oxygen atoms in total. The first-order chi connectivity index (χ1) is 13.8. The van der Waals surface area contributed by atoms with Crippen LogP contribution in [0.4, 0.5) is 17.5 Å². The third-order valence-electron chi connectivity index (χ3n) is 3.95. The van der Waals surface area contributed by atoms with Gasteiger partial charge in [-0.15, -0.1) is 0 Å². The van der Waals surface area contributed by atoms with Crippen LogP contribution in [0.5, 0.6) is 0 Å². The number of hydrogen-bond donors (Lipinski definition) is 3. The van der Waals surface area contributed by atoms with Crippen molar-refractivity contribution in [3.63, 3.8) is 0 Å². The fourth-order valence-corrected chi connectivity index (χ4v) is 2.64. The summed E-state index contributed by atoms with van der Waals surface area (Å²) in [7, 11) is 0. The second kappa shape index (κ2) is 8.17. The second-order valence-corrected chi connectivity index (χ2v) is 5.96. The van der Waals surface area contributed by atoms with Crippen LogP contribution in [0, 0.1) is 0 Å². The number of rotatable bonds is 7. The number of nitrogens with one attached hydrogen (secondary N) is 3. The molecule has 4 aromatic rings. The monoisotopic (exact) mass is 374 g/mol. The number of fused-ring (bicyclic) bond motifs is 1. The van der Waals surface area contributed by atoms with Gasteiger partial charge < -0.3 is 20.4 Å². The fraction of sp³-hybridized carbons (Fsp3) is 0.100. The van der Waals surface area contributed by atoms with Crippen molar-refractivity contribution in [1.82, 2.24) is 20.3 Å². The highest BCUT2D eigenvalue weighted by atomic mass is 16.3. The van der Waals surface area contributed by atoms with Crippen molar-refractivity contribution in [3.05, 3.63) is 72.9 Å². The van der Waals surface area contributed by atoms with Crippen molar-refractivity contribution in [1.29, 1.82) is 0 Å². The number of carbonyl (C=O) groups excluding carboxylic acids is 1. The second-order valence-electron chi connectivity index (χ2n) is 5.96. The summed E-state index contributed by atoms with van der Waals surface area (Å²) in [6.07, 6.45) is 3.16. The molecule has 4 rings (SSSR count). The Morgan fingerprint density at radius 3 is 2.61 bits per heavy atom. The third kappa shape index (κ3) is 4.24. The van der Waals surface area contributed by atoms with Gasteiger partial charge in [-0.25, -0.2) is 15.0 Å². The number of para-hydroxylation sites is 1. The lowest BCUT2D eigenvalue weighted by Gasteiger charge is -2.08. The molecule has 0 unspecified atom stereocenters. The van der Waals surface area contributed by atoms with E-state index in [-0.39, 0.29) is 5.91 Å². The summed E-state index contributed by atoms with van der Waals surface area (Å²) in [4.78, 5) is 24.7. The first kappa shape index (κ1) is 17.5. The Morgan fingerprint density at radius 1 is 0.893 bits per heavy atom. The van der Waals surface area contributed by atoms with E-state index in [1.54, 1.807) is 18.3 Å². The van der Waals surface area contributed by atoms with E-state index in [2.05, 4.69) is 30.9 Å². The van der Waals surface area contributed by atoms with Crippen LogP contribution in [-0.4, -0.2) is 33.9 Å². The fourth-order valence-electron chi connectivity index (χ4n) is 2.64. The van der Waals surface area contributed by atoms with Gasteiger partial charge in [0.25, 0.3) is 5.91 Å². The van der Waals surface area contributed by atoms with E-state index in [4.69, 9.17) is 4.42 Å². The number of pyridine rings is 1. The molecule has 0 aliphatic carbocycles. The van der Waals surface area contributed by atoms with Gasteiger partial charge in [-0.3, -0.25) is 4.79 Å². The van der Waals surface area contributed by atoms with E-state index in [1.807, 2.05) is 42.5 Å². The number of nitrogens with zero attached hydrogens (tertiary/aromatic N) is 3. The SMILES string of the molecule is O=C(NCCNc1cc(Nc2ccccn2)ncn1)c1cc2ccccc2o1. The standard InChI is InChI=1S/C20H18N6O2/c27-20(16-11-14-5-1-2-6-15(14)28-16)23-10-9-22-18-12-19(25-13-24-18)26-17-7-3-4-8-21-17/h1-8,11-13H,9-10H2,(H,23,27)(H2,21,22,24,25,26). The molecule has 0 saturated heterocycles. The Balaban J connectivity index is 1.28. The van der Waals surface area contributed by atoms with E-state index in [0.717, 1.165) is 5.39 Å². The number of anilines is 3. The van der Waals surface area contributed by atoms with E-state index >= 15 is 0 Å². The molecular formula is C20H18N6O2. The van der Waals surface area contributed by atoms with Gasteiger partial charge in [0, 0.05) is 30.7 Å². The molecule has 1 aromatic carbocycles. The van der Waals surface area contributed by atoms with Crippen LogP contribution in [-0.2, 0) is 0 Å². The van der Waals surface area contributed by atoms with Crippen LogP contribution in [0.15, 0.2) is 71.5 Å². The lowest BCUT2D eigenvalue weighted by Crippen LogP contribution is -2.28. The maximum absolute atomic E-state index is 12.2. The molecule has 0 fully saturated rings. The number of hydrogen-bond acceptors (Lipinski definition) is 7. The van der Waals surface area contributed by atoms with E-state index in [9.17, 15) is 4.79 Å². The summed E-state index contributed by atoms with van der Waals surface area (Å²) >= 11 is 0. The number of carbonyl (C=O) groups is 1. The zero-order valence-corrected chi connectivity index (χ0v) is 14.9. The smallest absolute Gasteiger partial charge is 0.287 e. The van der Waals surface area contributed by atoms with Crippen molar-refractivity contribution in [2.75, 3.05) is 23.7 Å². The first-order valence-electron chi connectivity index (χ1n) is 8.79. The summed E-state index contributed by atoms with van der Waals surface area (Å²) in [5, 5.41) is 9.97. The molecule has 3 N–H and O–H groups in total. The van der Waals surface area contributed by atoms with Gasteiger partial charge in [0.2, 0.25) is 0 Å². The molecule has 0 atom stereocenters. The molecule has 0 bridgehead atoms. The quantitative estimate of drug-likeness (QED) is 0.427. The van der Waals surface area contributed by atoms with Crippen LogP contribution in [0.3, 0.4) is 0 Å². The maximum atomic E-state index is 12.2. The number of benzene rings is 1. The molecule has 0 aliphatic rings. The van der Waals surface area contributed by atoms with Gasteiger partial charge in [-0.1, -0.05) is 24.3 Å². The Hall–Kier alpha value is -3.94. The van der Waals surface area contributed by atoms with Crippen molar-refractivity contribution >= 4 is 34.3 Å². The summed E-state index contributed by atoms with van der Waals surface area (Å²) in [6.45, 7) is 0.925. The topological polar surface area (TPSA) is 105 Å². The molecule has 3 aromatic heterocycles. The highest BCUT2D eigenvalue weighted by molar-refractivity contribution is 5.96. The average molecular weight is 374 g/mol. The zero-order valence-electron chi connectivity index (χ0n) is 14.9. The largest absolute Gasteiger partial charge is 0.451 e. The minimum atomic E-state index is -0.252. The molecule has 8 heteroatoms. The minimum absolute atomic E-state index is 0.252. The summed E-state index contributed by atoms with van der Waals surface area (Å²) in [5.74, 6) is 2.02. The molecule has 1 amide bonds. The molecule has 28 heavy (non-hydrogen) atoms.